The monoisotopic (exact) mass is 248 g/mol. The lowest BCUT2D eigenvalue weighted by Crippen LogP contribution is -2.00. The third-order valence-corrected chi connectivity index (χ3v) is 2.58. The number of carbonyl (C=O) groups is 1. The first-order valence-corrected chi connectivity index (χ1v) is 5.54. The van der Waals surface area contributed by atoms with Crippen molar-refractivity contribution in [2.24, 2.45) is 0 Å². The Bertz CT molecular complexity index is 603. The third kappa shape index (κ3) is 2.51. The van der Waals surface area contributed by atoms with Gasteiger partial charge in [0.25, 0.3) is 0 Å². The van der Waals surface area contributed by atoms with Gasteiger partial charge in [-0.3, -0.25) is 4.79 Å². The molecule has 94 valence electrons. The fourth-order valence-electron chi connectivity index (χ4n) is 1.67. The standard InChI is InChI=1S/C13H12O5/c1-2-8-3-5-9(6-4-8)12-10(7-11(14)15)17-13(16)18-12/h3-6H,2,7H2,1H3,(H,14,15). The molecule has 0 saturated carbocycles. The van der Waals surface area contributed by atoms with Crippen molar-refractivity contribution in [1.82, 2.24) is 0 Å². The summed E-state index contributed by atoms with van der Waals surface area (Å²) < 4.78 is 9.62. The Morgan fingerprint density at radius 2 is 1.89 bits per heavy atom. The van der Waals surface area contributed by atoms with E-state index >= 15 is 0 Å². The highest BCUT2D eigenvalue weighted by atomic mass is 16.6. The average Bonchev–Trinajstić information content (AvgIpc) is 2.69. The Kier molecular flexibility index (Phi) is 3.32. The van der Waals surface area contributed by atoms with Gasteiger partial charge in [-0.15, -0.1) is 0 Å². The van der Waals surface area contributed by atoms with Crippen LogP contribution in [0, 0.1) is 0 Å². The van der Waals surface area contributed by atoms with Crippen molar-refractivity contribution in [3.05, 3.63) is 46.2 Å². The molecule has 0 spiro atoms. The lowest BCUT2D eigenvalue weighted by Gasteiger charge is -2.00. The van der Waals surface area contributed by atoms with Gasteiger partial charge < -0.3 is 13.9 Å². The maximum atomic E-state index is 11.1. The Morgan fingerprint density at radius 1 is 1.22 bits per heavy atom. The number of rotatable bonds is 4. The number of hydrogen-bond donors (Lipinski definition) is 1. The van der Waals surface area contributed by atoms with Gasteiger partial charge in [0.1, 0.15) is 6.42 Å². The maximum absolute atomic E-state index is 11.1. The largest absolute Gasteiger partial charge is 0.519 e. The number of hydrogen-bond acceptors (Lipinski definition) is 4. The molecule has 0 bridgehead atoms. The van der Waals surface area contributed by atoms with Crippen LogP contribution in [0.4, 0.5) is 0 Å². The van der Waals surface area contributed by atoms with E-state index in [4.69, 9.17) is 13.9 Å². The van der Waals surface area contributed by atoms with Gasteiger partial charge in [0, 0.05) is 5.56 Å². The Balaban J connectivity index is 2.42. The fraction of sp³-hybridized carbons (Fsp3) is 0.231. The number of benzene rings is 1. The fourth-order valence-corrected chi connectivity index (χ4v) is 1.67. The molecular weight excluding hydrogens is 236 g/mol. The molecule has 0 aliphatic rings. The molecule has 0 saturated heterocycles. The van der Waals surface area contributed by atoms with Crippen LogP contribution in [0.2, 0.25) is 0 Å². The molecule has 5 nitrogen and oxygen atoms in total. The highest BCUT2D eigenvalue weighted by Crippen LogP contribution is 2.23. The molecule has 0 fully saturated rings. The van der Waals surface area contributed by atoms with Gasteiger partial charge in [-0.2, -0.15) is 0 Å². The Morgan fingerprint density at radius 3 is 2.44 bits per heavy atom. The third-order valence-electron chi connectivity index (χ3n) is 2.58. The molecule has 18 heavy (non-hydrogen) atoms. The van der Waals surface area contributed by atoms with Crippen molar-refractivity contribution < 1.29 is 18.7 Å². The van der Waals surface area contributed by atoms with Crippen molar-refractivity contribution in [2.45, 2.75) is 19.8 Å². The van der Waals surface area contributed by atoms with Crippen LogP contribution in [0.3, 0.4) is 0 Å². The van der Waals surface area contributed by atoms with Crippen LogP contribution in [0.1, 0.15) is 18.2 Å². The van der Waals surface area contributed by atoms with E-state index < -0.39 is 11.8 Å². The van der Waals surface area contributed by atoms with Gasteiger partial charge in [0.05, 0.1) is 0 Å². The molecule has 0 unspecified atom stereocenters. The van der Waals surface area contributed by atoms with E-state index in [1.54, 1.807) is 12.1 Å². The summed E-state index contributed by atoms with van der Waals surface area (Å²) in [6, 6.07) is 7.34. The summed E-state index contributed by atoms with van der Waals surface area (Å²) in [5, 5.41) is 8.73. The minimum atomic E-state index is -1.08. The molecule has 5 heteroatoms. The molecule has 1 N–H and O–H groups in total. The minimum absolute atomic E-state index is 0.0387. The molecule has 1 heterocycles. The topological polar surface area (TPSA) is 80.7 Å². The van der Waals surface area contributed by atoms with Crippen molar-refractivity contribution >= 4 is 5.97 Å². The van der Waals surface area contributed by atoms with Crippen LogP contribution in [-0.2, 0) is 17.6 Å². The highest BCUT2D eigenvalue weighted by Gasteiger charge is 2.17. The first-order valence-electron chi connectivity index (χ1n) is 5.54. The van der Waals surface area contributed by atoms with E-state index in [0.29, 0.717) is 5.56 Å². The van der Waals surface area contributed by atoms with Gasteiger partial charge in [0.2, 0.25) is 0 Å². The Labute approximate surface area is 103 Å². The molecule has 1 aromatic heterocycles. The molecule has 0 aliphatic carbocycles. The van der Waals surface area contributed by atoms with E-state index in [0.717, 1.165) is 12.0 Å². The molecule has 2 rings (SSSR count). The van der Waals surface area contributed by atoms with Crippen LogP contribution < -0.4 is 5.82 Å². The van der Waals surface area contributed by atoms with E-state index in [1.165, 1.54) is 0 Å². The van der Waals surface area contributed by atoms with E-state index in [2.05, 4.69) is 0 Å². The van der Waals surface area contributed by atoms with Crippen molar-refractivity contribution in [2.75, 3.05) is 0 Å². The molecule has 0 radical (unpaired) electrons. The Hall–Kier alpha value is -2.30. The predicted molar refractivity (Wildman–Crippen MR) is 63.4 cm³/mol. The van der Waals surface area contributed by atoms with Crippen LogP contribution in [0.15, 0.2) is 37.9 Å². The lowest BCUT2D eigenvalue weighted by molar-refractivity contribution is -0.136. The van der Waals surface area contributed by atoms with Gasteiger partial charge in [-0.05, 0) is 12.0 Å². The van der Waals surface area contributed by atoms with E-state index in [1.807, 2.05) is 19.1 Å². The zero-order valence-corrected chi connectivity index (χ0v) is 9.80. The van der Waals surface area contributed by atoms with Crippen LogP contribution >= 0.6 is 0 Å². The summed E-state index contributed by atoms with van der Waals surface area (Å²) in [6.07, 6.45) is 0.522. The van der Waals surface area contributed by atoms with Crippen molar-refractivity contribution in [3.8, 4) is 11.3 Å². The first kappa shape index (κ1) is 12.2. The zero-order chi connectivity index (χ0) is 13.1. The highest BCUT2D eigenvalue weighted by molar-refractivity contribution is 5.72. The van der Waals surface area contributed by atoms with Gasteiger partial charge in [0.15, 0.2) is 11.5 Å². The average molecular weight is 248 g/mol. The lowest BCUT2D eigenvalue weighted by atomic mass is 10.1. The van der Waals surface area contributed by atoms with Gasteiger partial charge in [-0.1, -0.05) is 31.2 Å². The second-order valence-corrected chi connectivity index (χ2v) is 3.83. The number of aliphatic carboxylic acids is 1. The molecule has 2 aromatic rings. The van der Waals surface area contributed by atoms with Crippen LogP contribution in [0.25, 0.3) is 11.3 Å². The summed E-state index contributed by atoms with van der Waals surface area (Å²) in [6.45, 7) is 2.03. The molecular formula is C13H12O5. The second kappa shape index (κ2) is 4.91. The molecule has 0 aliphatic heterocycles. The summed E-state index contributed by atoms with van der Waals surface area (Å²) in [4.78, 5) is 21.7. The van der Waals surface area contributed by atoms with E-state index in [9.17, 15) is 9.59 Å². The van der Waals surface area contributed by atoms with Crippen molar-refractivity contribution in [1.29, 1.82) is 0 Å². The smallest absolute Gasteiger partial charge is 0.481 e. The molecule has 0 atom stereocenters. The normalized spacial score (nSPS) is 10.5. The summed E-state index contributed by atoms with van der Waals surface area (Å²) >= 11 is 0. The van der Waals surface area contributed by atoms with Gasteiger partial charge >= 0.3 is 11.8 Å². The van der Waals surface area contributed by atoms with Gasteiger partial charge in [-0.25, -0.2) is 4.79 Å². The van der Waals surface area contributed by atoms with Crippen LogP contribution in [0.5, 0.6) is 0 Å². The quantitative estimate of drug-likeness (QED) is 0.895. The number of carboxylic acids is 1. The summed E-state index contributed by atoms with van der Waals surface area (Å²) in [5.41, 5.74) is 1.78. The minimum Gasteiger partial charge on any atom is -0.481 e. The molecule has 0 amide bonds. The van der Waals surface area contributed by atoms with E-state index in [-0.39, 0.29) is 17.9 Å². The molecule has 1 aromatic carbocycles. The first-order chi connectivity index (χ1) is 8.60. The number of carboxylic acid groups (broad SMARTS) is 1. The SMILES string of the molecule is CCc1ccc(-c2oc(=O)oc2CC(=O)O)cc1. The predicted octanol–water partition coefficient (Wildman–Crippen LogP) is 2.09. The second-order valence-electron chi connectivity index (χ2n) is 3.83. The van der Waals surface area contributed by atoms with Crippen molar-refractivity contribution in [3.63, 3.8) is 0 Å². The van der Waals surface area contributed by atoms with Crippen LogP contribution in [-0.4, -0.2) is 11.1 Å². The zero-order valence-electron chi connectivity index (χ0n) is 9.80. The maximum Gasteiger partial charge on any atom is 0.519 e. The number of aryl methyl sites for hydroxylation is 1. The summed E-state index contributed by atoms with van der Waals surface area (Å²) in [5.74, 6) is -1.74. The summed E-state index contributed by atoms with van der Waals surface area (Å²) in [7, 11) is 0.